The van der Waals surface area contributed by atoms with E-state index in [0.717, 1.165) is 154 Å². The van der Waals surface area contributed by atoms with Gasteiger partial charge in [0.15, 0.2) is 6.10 Å². The van der Waals surface area contributed by atoms with Crippen LogP contribution in [0.2, 0.25) is 0 Å². The molecule has 0 saturated heterocycles. The Labute approximate surface area is 466 Å². The topological polar surface area (TPSA) is 78.9 Å². The maximum atomic E-state index is 12.9. The van der Waals surface area contributed by atoms with Gasteiger partial charge in [-0.3, -0.25) is 14.4 Å². The van der Waals surface area contributed by atoms with Crippen molar-refractivity contribution in [2.75, 3.05) is 13.2 Å². The molecule has 0 aliphatic carbocycles. The summed E-state index contributed by atoms with van der Waals surface area (Å²) < 4.78 is 16.8. The predicted octanol–water partition coefficient (Wildman–Crippen LogP) is 20.7. The minimum atomic E-state index is -0.838. The van der Waals surface area contributed by atoms with E-state index in [1.54, 1.807) is 0 Å². The average molecular weight is 1050 g/mol. The molecule has 0 fully saturated rings. The van der Waals surface area contributed by atoms with E-state index < -0.39 is 6.10 Å². The van der Waals surface area contributed by atoms with Gasteiger partial charge in [-0.25, -0.2) is 0 Å². The maximum absolute atomic E-state index is 12.9. The zero-order valence-corrected chi connectivity index (χ0v) is 48.4. The highest BCUT2D eigenvalue weighted by Gasteiger charge is 2.19. The summed E-state index contributed by atoms with van der Waals surface area (Å²) in [6.07, 6.45) is 92.1. The minimum Gasteiger partial charge on any atom is -0.462 e. The van der Waals surface area contributed by atoms with Crippen LogP contribution in [0.1, 0.15) is 233 Å². The lowest BCUT2D eigenvalue weighted by Gasteiger charge is -2.18. The summed E-state index contributed by atoms with van der Waals surface area (Å²) in [6, 6.07) is 0. The normalized spacial score (nSPS) is 13.4. The van der Waals surface area contributed by atoms with Crippen LogP contribution in [0.15, 0.2) is 170 Å². The van der Waals surface area contributed by atoms with Crippen LogP contribution in [0.5, 0.6) is 0 Å². The van der Waals surface area contributed by atoms with Crippen molar-refractivity contribution in [2.45, 2.75) is 239 Å². The van der Waals surface area contributed by atoms with Crippen molar-refractivity contribution < 1.29 is 28.6 Å². The van der Waals surface area contributed by atoms with Gasteiger partial charge in [-0.05, 0) is 148 Å². The molecule has 1 atom stereocenters. The number of unbranched alkanes of at least 4 members (excludes halogenated alkanes) is 13. The van der Waals surface area contributed by atoms with Crippen molar-refractivity contribution >= 4 is 17.9 Å². The summed E-state index contributed by atoms with van der Waals surface area (Å²) in [5.74, 6) is -1.04. The summed E-state index contributed by atoms with van der Waals surface area (Å²) in [5, 5.41) is 0. The zero-order valence-electron chi connectivity index (χ0n) is 48.4. The largest absolute Gasteiger partial charge is 0.462 e. The average Bonchev–Trinajstić information content (AvgIpc) is 3.42. The summed E-state index contributed by atoms with van der Waals surface area (Å²) in [7, 11) is 0. The molecule has 76 heavy (non-hydrogen) atoms. The molecule has 0 aromatic carbocycles. The fraction of sp³-hybridized carbons (Fsp3) is 0.557. The first-order chi connectivity index (χ1) is 37.5. The van der Waals surface area contributed by atoms with Crippen LogP contribution < -0.4 is 0 Å². The fourth-order valence-electron chi connectivity index (χ4n) is 7.49. The Morgan fingerprint density at radius 1 is 0.276 bits per heavy atom. The summed E-state index contributed by atoms with van der Waals surface area (Å²) in [5.41, 5.74) is 0. The van der Waals surface area contributed by atoms with Gasteiger partial charge in [0.1, 0.15) is 13.2 Å². The number of hydrogen-bond acceptors (Lipinski definition) is 6. The Morgan fingerprint density at radius 2 is 0.526 bits per heavy atom. The molecule has 1 unspecified atom stereocenters. The molecule has 0 radical (unpaired) electrons. The van der Waals surface area contributed by atoms with Crippen LogP contribution in [-0.4, -0.2) is 37.2 Å². The first-order valence-electron chi connectivity index (χ1n) is 30.1. The number of allylic oxidation sites excluding steroid dienone is 28. The molecule has 0 aliphatic heterocycles. The van der Waals surface area contributed by atoms with Gasteiger partial charge < -0.3 is 14.2 Å². The molecular weight excluding hydrogens is 937 g/mol. The Balaban J connectivity index is 4.57. The molecule has 0 aromatic rings. The van der Waals surface area contributed by atoms with Crippen molar-refractivity contribution in [2.24, 2.45) is 0 Å². The molecule has 6 nitrogen and oxygen atoms in total. The van der Waals surface area contributed by atoms with Gasteiger partial charge in [0.2, 0.25) is 0 Å². The van der Waals surface area contributed by atoms with Gasteiger partial charge in [0, 0.05) is 19.3 Å². The smallest absolute Gasteiger partial charge is 0.306 e. The van der Waals surface area contributed by atoms with Gasteiger partial charge >= 0.3 is 17.9 Å². The van der Waals surface area contributed by atoms with Gasteiger partial charge in [0.05, 0.1) is 0 Å². The highest BCUT2D eigenvalue weighted by Crippen LogP contribution is 2.12. The van der Waals surface area contributed by atoms with Crippen LogP contribution in [-0.2, 0) is 28.6 Å². The van der Waals surface area contributed by atoms with E-state index in [4.69, 9.17) is 14.2 Å². The maximum Gasteiger partial charge on any atom is 0.306 e. The molecule has 424 valence electrons. The van der Waals surface area contributed by atoms with E-state index in [1.807, 2.05) is 0 Å². The predicted molar refractivity (Wildman–Crippen MR) is 329 cm³/mol. The fourth-order valence-corrected chi connectivity index (χ4v) is 7.49. The molecule has 0 bridgehead atoms. The van der Waals surface area contributed by atoms with Gasteiger partial charge in [-0.2, -0.15) is 0 Å². The van der Waals surface area contributed by atoms with E-state index >= 15 is 0 Å². The molecule has 0 spiro atoms. The Hall–Kier alpha value is -5.23. The Kier molecular flexibility index (Phi) is 58.0. The number of ether oxygens (including phenoxy) is 3. The molecule has 0 heterocycles. The standard InChI is InChI=1S/C70H108O6/c1-4-7-10-13-16-19-22-25-28-31-32-33-34-35-36-37-38-40-42-45-48-51-54-57-60-63-69(72)75-66-67(65-74-68(71)62-59-56-53-50-47-44-41-30-27-24-21-18-15-12-9-6-3)76-70(73)64-61-58-55-52-49-46-43-39-29-26-23-20-17-14-11-8-5-2/h7-8,10-11,16-17,19-21,24-26,28-30,32-33,35-36,38,40-41,43,45-46,48,52,55,67H,4-6,9,12-15,18,22-23,27,31,34,37,39,42,44,47,49-51,53-54,56-66H2,1-3H3/b10-7-,11-8-,19-16-,20-17-,24-21-,28-25-,29-26-,33-32-,36-35-,40-38-,41-30-,46-43-,48-45-,55-52-. The van der Waals surface area contributed by atoms with Crippen molar-refractivity contribution in [3.8, 4) is 0 Å². The van der Waals surface area contributed by atoms with Crippen molar-refractivity contribution in [3.63, 3.8) is 0 Å². The molecule has 6 heteroatoms. The van der Waals surface area contributed by atoms with E-state index in [9.17, 15) is 14.4 Å². The van der Waals surface area contributed by atoms with E-state index in [2.05, 4.69) is 191 Å². The van der Waals surface area contributed by atoms with Crippen LogP contribution in [0.3, 0.4) is 0 Å². The monoisotopic (exact) mass is 1040 g/mol. The third kappa shape index (κ3) is 59.6. The molecule has 0 aliphatic rings. The zero-order chi connectivity index (χ0) is 55.0. The van der Waals surface area contributed by atoms with Gasteiger partial charge in [0.25, 0.3) is 0 Å². The molecule has 0 N–H and O–H groups in total. The van der Waals surface area contributed by atoms with E-state index in [1.165, 1.54) is 32.1 Å². The van der Waals surface area contributed by atoms with Crippen LogP contribution in [0.25, 0.3) is 0 Å². The lowest BCUT2D eigenvalue weighted by atomic mass is 10.1. The second-order valence-corrected chi connectivity index (χ2v) is 19.1. The molecule has 0 aromatic heterocycles. The number of esters is 3. The molecular formula is C70H108O6. The molecule has 0 amide bonds. The second-order valence-electron chi connectivity index (χ2n) is 19.1. The third-order valence-corrected chi connectivity index (χ3v) is 11.9. The highest BCUT2D eigenvalue weighted by atomic mass is 16.6. The first kappa shape index (κ1) is 70.8. The summed E-state index contributed by atoms with van der Waals surface area (Å²) in [6.45, 7) is 6.29. The van der Waals surface area contributed by atoms with Crippen LogP contribution >= 0.6 is 0 Å². The number of carbonyl (C=O) groups excluding carboxylic acids is 3. The number of rotatable bonds is 52. The van der Waals surface area contributed by atoms with Gasteiger partial charge in [-0.1, -0.05) is 236 Å². The Bertz CT molecular complexity index is 1770. The number of carbonyl (C=O) groups is 3. The number of hydrogen-bond donors (Lipinski definition) is 0. The van der Waals surface area contributed by atoms with Crippen LogP contribution in [0.4, 0.5) is 0 Å². The highest BCUT2D eigenvalue weighted by molar-refractivity contribution is 5.71. The third-order valence-electron chi connectivity index (χ3n) is 11.9. The lowest BCUT2D eigenvalue weighted by molar-refractivity contribution is -0.167. The first-order valence-corrected chi connectivity index (χ1v) is 30.1. The van der Waals surface area contributed by atoms with Crippen molar-refractivity contribution in [1.82, 2.24) is 0 Å². The van der Waals surface area contributed by atoms with E-state index in [0.29, 0.717) is 19.3 Å². The minimum absolute atomic E-state index is 0.127. The van der Waals surface area contributed by atoms with Crippen LogP contribution in [0, 0.1) is 0 Å². The molecule has 0 saturated carbocycles. The summed E-state index contributed by atoms with van der Waals surface area (Å²) >= 11 is 0. The Morgan fingerprint density at radius 3 is 0.855 bits per heavy atom. The van der Waals surface area contributed by atoms with E-state index in [-0.39, 0.29) is 37.5 Å². The summed E-state index contributed by atoms with van der Waals surface area (Å²) in [4.78, 5) is 38.2. The second kappa shape index (κ2) is 62.3. The van der Waals surface area contributed by atoms with Gasteiger partial charge in [-0.15, -0.1) is 0 Å². The molecule has 0 rings (SSSR count). The quantitative estimate of drug-likeness (QED) is 0.0261. The lowest BCUT2D eigenvalue weighted by Crippen LogP contribution is -2.30. The van der Waals surface area contributed by atoms with Crippen molar-refractivity contribution in [3.05, 3.63) is 170 Å². The SMILES string of the molecule is CC/C=C\C/C=C\C/C=C\C/C=C\C/C=C\C/C=C\C/C=C\CCCCCC(=O)OCC(COC(=O)CCCCCCC/C=C\C/C=C\CCCCCC)OC(=O)CCC/C=C\C/C=C\C/C=C\C/C=C\C/C=C\CC. The van der Waals surface area contributed by atoms with Crippen molar-refractivity contribution in [1.29, 1.82) is 0 Å².